The molecule has 0 radical (unpaired) electrons. The van der Waals surface area contributed by atoms with Crippen LogP contribution in [0.25, 0.3) is 17.1 Å². The summed E-state index contributed by atoms with van der Waals surface area (Å²) in [5.74, 6) is -1.33. The third kappa shape index (κ3) is 5.95. The minimum atomic E-state index is -0.497. The van der Waals surface area contributed by atoms with Crippen LogP contribution >= 0.6 is 11.3 Å². The van der Waals surface area contributed by atoms with Gasteiger partial charge in [0.25, 0.3) is 11.8 Å². The topological polar surface area (TPSA) is 137 Å². The van der Waals surface area contributed by atoms with Gasteiger partial charge in [0.15, 0.2) is 0 Å². The molecule has 3 N–H and O–H groups in total. The zero-order valence-corrected chi connectivity index (χ0v) is 21.5. The van der Waals surface area contributed by atoms with E-state index in [9.17, 15) is 19.2 Å². The summed E-state index contributed by atoms with van der Waals surface area (Å²) < 4.78 is 6.28. The second-order valence-corrected chi connectivity index (χ2v) is 9.33. The number of aromatic nitrogens is 2. The number of rotatable bonds is 9. The van der Waals surface area contributed by atoms with Gasteiger partial charge in [0.1, 0.15) is 0 Å². The van der Waals surface area contributed by atoms with E-state index in [0.29, 0.717) is 32.0 Å². The maximum Gasteiger partial charge on any atom is 0.330 e. The molecule has 194 valence electrons. The molecule has 0 aliphatic carbocycles. The van der Waals surface area contributed by atoms with Crippen LogP contribution in [0.3, 0.4) is 0 Å². The van der Waals surface area contributed by atoms with E-state index in [1.165, 1.54) is 29.4 Å². The molecule has 2 heterocycles. The Bertz CT molecular complexity index is 1540. The van der Waals surface area contributed by atoms with Crippen molar-refractivity contribution in [2.45, 2.75) is 13.0 Å². The number of methoxy groups -OCH3 is 1. The molecule has 4 rings (SSSR count). The number of esters is 1. The highest BCUT2D eigenvalue weighted by Gasteiger charge is 2.19. The van der Waals surface area contributed by atoms with Crippen LogP contribution in [0.2, 0.25) is 0 Å². The van der Waals surface area contributed by atoms with E-state index in [1.54, 1.807) is 72.3 Å². The molecule has 10 nitrogen and oxygen atoms in total. The lowest BCUT2D eigenvalue weighted by Gasteiger charge is -2.17. The molecule has 0 aliphatic rings. The Morgan fingerprint density at radius 2 is 1.87 bits per heavy atom. The van der Waals surface area contributed by atoms with Crippen LogP contribution in [0.4, 0.5) is 11.6 Å². The van der Waals surface area contributed by atoms with Gasteiger partial charge in [-0.2, -0.15) is 0 Å². The highest BCUT2D eigenvalue weighted by atomic mass is 32.1. The van der Waals surface area contributed by atoms with Gasteiger partial charge < -0.3 is 19.9 Å². The molecule has 0 saturated carbocycles. The molecule has 3 amide bonds. The van der Waals surface area contributed by atoms with Crippen molar-refractivity contribution in [3.8, 4) is 0 Å². The van der Waals surface area contributed by atoms with Crippen LogP contribution < -0.4 is 16.0 Å². The Balaban J connectivity index is 1.62. The maximum atomic E-state index is 13.0. The van der Waals surface area contributed by atoms with E-state index < -0.39 is 17.8 Å². The summed E-state index contributed by atoms with van der Waals surface area (Å²) in [7, 11) is 2.96. The van der Waals surface area contributed by atoms with Gasteiger partial charge in [0, 0.05) is 42.2 Å². The Labute approximate surface area is 222 Å². The van der Waals surface area contributed by atoms with Gasteiger partial charge in [-0.05, 0) is 48.5 Å². The van der Waals surface area contributed by atoms with Gasteiger partial charge >= 0.3 is 5.97 Å². The molecule has 38 heavy (non-hydrogen) atoms. The number of nitrogens with two attached hydrogens (primary N) is 1. The number of anilines is 2. The summed E-state index contributed by atoms with van der Waals surface area (Å²) in [6, 6.07) is 17.6. The average Bonchev–Trinajstić information content (AvgIpc) is 3.54. The number of amides is 3. The normalized spacial score (nSPS) is 11.0. The van der Waals surface area contributed by atoms with Crippen LogP contribution in [0, 0.1) is 0 Å². The van der Waals surface area contributed by atoms with Crippen LogP contribution in [0.5, 0.6) is 0 Å². The van der Waals surface area contributed by atoms with Crippen molar-refractivity contribution in [1.82, 2.24) is 9.55 Å². The first kappa shape index (κ1) is 26.3. The Kier molecular flexibility index (Phi) is 7.97. The molecule has 2 aromatic carbocycles. The van der Waals surface area contributed by atoms with Crippen molar-refractivity contribution in [2.24, 2.45) is 5.73 Å². The number of carbonyl (C=O) groups excluding carboxylic acids is 4. The van der Waals surface area contributed by atoms with Gasteiger partial charge in [0.05, 0.1) is 23.0 Å². The molecule has 0 unspecified atom stereocenters. The lowest BCUT2D eigenvalue weighted by atomic mass is 10.2. The predicted molar refractivity (Wildman–Crippen MR) is 146 cm³/mol. The number of aryl methyl sites for hydroxylation is 1. The maximum absolute atomic E-state index is 13.0. The second kappa shape index (κ2) is 11.5. The molecule has 0 aliphatic heterocycles. The van der Waals surface area contributed by atoms with E-state index in [4.69, 9.17) is 5.73 Å². The van der Waals surface area contributed by atoms with Gasteiger partial charge in [-0.25, -0.2) is 9.78 Å². The van der Waals surface area contributed by atoms with Crippen molar-refractivity contribution in [2.75, 3.05) is 24.4 Å². The van der Waals surface area contributed by atoms with Gasteiger partial charge in [-0.3, -0.25) is 19.7 Å². The number of hydrogen-bond acceptors (Lipinski definition) is 7. The molecule has 0 saturated heterocycles. The van der Waals surface area contributed by atoms with Crippen LogP contribution in [0.1, 0.15) is 31.3 Å². The minimum Gasteiger partial charge on any atom is -0.466 e. The first-order valence-electron chi connectivity index (χ1n) is 11.6. The summed E-state index contributed by atoms with van der Waals surface area (Å²) in [6.07, 6.45) is 2.88. The number of carbonyl (C=O) groups is 4. The van der Waals surface area contributed by atoms with Crippen molar-refractivity contribution < 1.29 is 23.9 Å². The van der Waals surface area contributed by atoms with E-state index >= 15 is 0 Å². The van der Waals surface area contributed by atoms with Crippen LogP contribution in [0.15, 0.2) is 66.7 Å². The number of ether oxygens (including phenoxy) is 1. The molecule has 0 spiro atoms. The van der Waals surface area contributed by atoms with E-state index in [-0.39, 0.29) is 24.8 Å². The van der Waals surface area contributed by atoms with Crippen LogP contribution in [-0.4, -0.2) is 47.4 Å². The molecule has 0 fully saturated rings. The number of nitrogens with one attached hydrogen (secondary N) is 1. The van der Waals surface area contributed by atoms with Crippen molar-refractivity contribution in [3.63, 3.8) is 0 Å². The van der Waals surface area contributed by atoms with E-state index in [0.717, 1.165) is 0 Å². The monoisotopic (exact) mass is 531 g/mol. The van der Waals surface area contributed by atoms with Gasteiger partial charge in [-0.15, -0.1) is 11.3 Å². The van der Waals surface area contributed by atoms with E-state index in [2.05, 4.69) is 15.0 Å². The number of imidazole rings is 1. The number of fused-ring (bicyclic) bond motifs is 1. The third-order valence-electron chi connectivity index (χ3n) is 5.69. The Hall–Kier alpha value is -4.77. The van der Waals surface area contributed by atoms with Gasteiger partial charge in [0.2, 0.25) is 11.9 Å². The molecular weight excluding hydrogens is 506 g/mol. The number of benzene rings is 2. The second-order valence-electron chi connectivity index (χ2n) is 8.22. The lowest BCUT2D eigenvalue weighted by Crippen LogP contribution is -2.26. The molecule has 0 bridgehead atoms. The average molecular weight is 532 g/mol. The number of thiophene rings is 1. The SMILES string of the molecule is COC(=O)/C=C/c1ccc(C(=O)Nc2nc3cc(N(C)C(=O)c4ccccc4)ccc3n2CCC(N)=O)s1. The largest absolute Gasteiger partial charge is 0.466 e. The first-order valence-corrected chi connectivity index (χ1v) is 12.4. The number of hydrogen-bond donors (Lipinski definition) is 2. The fraction of sp³-hybridized carbons (Fsp3) is 0.148. The summed E-state index contributed by atoms with van der Waals surface area (Å²) in [4.78, 5) is 55.9. The molecular formula is C27H25N5O5S. The minimum absolute atomic E-state index is 0.0456. The standard InChI is InChI=1S/C27H25N5O5S/c1-31(26(36)17-6-4-3-5-7-17)18-8-11-21-20(16-18)29-27(32(21)15-14-23(28)33)30-25(35)22-12-9-19(38-22)10-13-24(34)37-2/h3-13,16H,14-15H2,1-2H3,(H2,28,33)(H,29,30,35)/b13-10+. The van der Waals surface area contributed by atoms with E-state index in [1.807, 2.05) is 6.07 Å². The quantitative estimate of drug-likeness (QED) is 0.250. The molecule has 11 heteroatoms. The summed E-state index contributed by atoms with van der Waals surface area (Å²) in [6.45, 7) is 0.205. The first-order chi connectivity index (χ1) is 18.3. The van der Waals surface area contributed by atoms with Gasteiger partial charge in [-0.1, -0.05) is 18.2 Å². The summed E-state index contributed by atoms with van der Waals surface area (Å²) >= 11 is 1.19. The fourth-order valence-electron chi connectivity index (χ4n) is 3.71. The highest BCUT2D eigenvalue weighted by molar-refractivity contribution is 7.15. The van der Waals surface area contributed by atoms with Crippen molar-refractivity contribution in [1.29, 1.82) is 0 Å². The lowest BCUT2D eigenvalue weighted by molar-refractivity contribution is -0.134. The summed E-state index contributed by atoms with van der Waals surface area (Å²) in [5, 5.41) is 2.80. The third-order valence-corrected chi connectivity index (χ3v) is 6.74. The summed E-state index contributed by atoms with van der Waals surface area (Å²) in [5.41, 5.74) is 7.73. The van der Waals surface area contributed by atoms with Crippen LogP contribution in [-0.2, 0) is 20.9 Å². The molecule has 2 aromatic heterocycles. The Morgan fingerprint density at radius 3 is 2.58 bits per heavy atom. The Morgan fingerprint density at radius 1 is 1.11 bits per heavy atom. The fourth-order valence-corrected chi connectivity index (χ4v) is 4.51. The molecule has 4 aromatic rings. The van der Waals surface area contributed by atoms with Crippen molar-refractivity contribution in [3.05, 3.63) is 82.1 Å². The smallest absolute Gasteiger partial charge is 0.330 e. The number of nitrogens with zero attached hydrogens (tertiary/aromatic N) is 3. The predicted octanol–water partition coefficient (Wildman–Crippen LogP) is 3.69. The molecule has 0 atom stereocenters. The number of primary amides is 1. The van der Waals surface area contributed by atoms with Crippen molar-refractivity contribution >= 4 is 63.8 Å². The zero-order valence-electron chi connectivity index (χ0n) is 20.7. The zero-order chi connectivity index (χ0) is 27.2. The highest BCUT2D eigenvalue weighted by Crippen LogP contribution is 2.27.